The van der Waals surface area contributed by atoms with Gasteiger partial charge in [-0.2, -0.15) is 13.8 Å². The monoisotopic (exact) mass is 272 g/mol. The number of hydrogen-bond acceptors (Lipinski definition) is 5. The second-order valence-corrected chi connectivity index (χ2v) is 5.49. The molecular weight excluding hydrogens is 254 g/mol. The fourth-order valence-corrected chi connectivity index (χ4v) is 2.34. The lowest BCUT2D eigenvalue weighted by Gasteiger charge is -2.31. The van der Waals surface area contributed by atoms with Crippen molar-refractivity contribution in [2.75, 3.05) is 18.0 Å². The fraction of sp³-hybridized carbons (Fsp3) is 0.833. The van der Waals surface area contributed by atoms with Crippen LogP contribution in [0.25, 0.3) is 0 Å². The minimum atomic E-state index is -3.05. The number of nitrogens with one attached hydrogen (secondary N) is 1. The first kappa shape index (κ1) is 12.8. The molecule has 106 valence electrons. The highest BCUT2D eigenvalue weighted by atomic mass is 19.3. The zero-order chi connectivity index (χ0) is 13.5. The maximum absolute atomic E-state index is 13.0. The summed E-state index contributed by atoms with van der Waals surface area (Å²) >= 11 is 0. The molecule has 0 spiro atoms. The average Bonchev–Trinajstić information content (AvgIpc) is 3.02. The molecule has 0 radical (unpaired) electrons. The van der Waals surface area contributed by atoms with Crippen LogP contribution in [-0.4, -0.2) is 35.3 Å². The van der Waals surface area contributed by atoms with Gasteiger partial charge in [-0.15, -0.1) is 0 Å². The Balaban J connectivity index is 1.57. The second kappa shape index (κ2) is 4.70. The number of aromatic nitrogens is 2. The molecule has 1 aromatic rings. The number of anilines is 1. The molecule has 0 aromatic carbocycles. The van der Waals surface area contributed by atoms with Crippen molar-refractivity contribution in [3.8, 4) is 0 Å². The number of rotatable bonds is 4. The van der Waals surface area contributed by atoms with Crippen LogP contribution < -0.4 is 10.2 Å². The largest absolute Gasteiger partial charge is 0.324 e. The van der Waals surface area contributed by atoms with E-state index >= 15 is 0 Å². The maximum atomic E-state index is 13.0. The molecule has 2 heterocycles. The highest BCUT2D eigenvalue weighted by Gasteiger charge is 2.33. The quantitative estimate of drug-likeness (QED) is 0.907. The Morgan fingerprint density at radius 3 is 2.37 bits per heavy atom. The van der Waals surface area contributed by atoms with Gasteiger partial charge in [-0.05, 0) is 25.7 Å². The summed E-state index contributed by atoms with van der Waals surface area (Å²) in [4.78, 5) is 5.66. The van der Waals surface area contributed by atoms with Gasteiger partial charge < -0.3 is 14.7 Å². The molecule has 7 heteroatoms. The van der Waals surface area contributed by atoms with E-state index in [2.05, 4.69) is 15.5 Å². The molecule has 0 amide bonds. The Bertz CT molecular complexity index is 433. The number of alkyl halides is 2. The zero-order valence-corrected chi connectivity index (χ0v) is 10.9. The molecule has 1 saturated carbocycles. The summed E-state index contributed by atoms with van der Waals surface area (Å²) in [5.74, 6) is -3.59. The SMILES string of the molecule is CC(F)(F)c1noc(N2CCC(NC3CC3)CC2)n1. The van der Waals surface area contributed by atoms with Gasteiger partial charge in [-0.25, -0.2) is 0 Å². The molecule has 2 fully saturated rings. The Labute approximate surface area is 110 Å². The molecule has 1 aliphatic carbocycles. The van der Waals surface area contributed by atoms with E-state index in [9.17, 15) is 8.78 Å². The van der Waals surface area contributed by atoms with Crippen molar-refractivity contribution in [3.63, 3.8) is 0 Å². The Hall–Kier alpha value is -1.24. The Morgan fingerprint density at radius 2 is 1.84 bits per heavy atom. The van der Waals surface area contributed by atoms with Crippen molar-refractivity contribution >= 4 is 6.01 Å². The molecular formula is C12H18F2N4O. The van der Waals surface area contributed by atoms with E-state index in [0.717, 1.165) is 32.9 Å². The van der Waals surface area contributed by atoms with E-state index in [0.29, 0.717) is 12.1 Å². The summed E-state index contributed by atoms with van der Waals surface area (Å²) in [5.41, 5.74) is 0. The van der Waals surface area contributed by atoms with E-state index < -0.39 is 11.7 Å². The third-order valence-corrected chi connectivity index (χ3v) is 3.62. The van der Waals surface area contributed by atoms with Crippen molar-refractivity contribution in [1.82, 2.24) is 15.5 Å². The van der Waals surface area contributed by atoms with Crippen molar-refractivity contribution in [2.45, 2.75) is 50.6 Å². The van der Waals surface area contributed by atoms with Gasteiger partial charge >= 0.3 is 11.9 Å². The van der Waals surface area contributed by atoms with Gasteiger partial charge in [0.1, 0.15) is 0 Å². The molecule has 1 N–H and O–H groups in total. The second-order valence-electron chi connectivity index (χ2n) is 5.49. The van der Waals surface area contributed by atoms with E-state index in [-0.39, 0.29) is 6.01 Å². The lowest BCUT2D eigenvalue weighted by molar-refractivity contribution is 0.00559. The van der Waals surface area contributed by atoms with Crippen LogP contribution in [0.2, 0.25) is 0 Å². The first-order valence-electron chi connectivity index (χ1n) is 6.75. The number of piperidine rings is 1. The van der Waals surface area contributed by atoms with Crippen LogP contribution in [0, 0.1) is 0 Å². The topological polar surface area (TPSA) is 54.2 Å². The Morgan fingerprint density at radius 1 is 1.21 bits per heavy atom. The van der Waals surface area contributed by atoms with E-state index in [4.69, 9.17) is 4.52 Å². The van der Waals surface area contributed by atoms with Gasteiger partial charge in [0.25, 0.3) is 0 Å². The van der Waals surface area contributed by atoms with Crippen molar-refractivity contribution < 1.29 is 13.3 Å². The Kier molecular flexibility index (Phi) is 3.16. The van der Waals surface area contributed by atoms with Gasteiger partial charge in [0.2, 0.25) is 5.82 Å². The minimum absolute atomic E-state index is 0.210. The van der Waals surface area contributed by atoms with Crippen LogP contribution in [0.4, 0.5) is 14.8 Å². The number of nitrogens with zero attached hydrogens (tertiary/aromatic N) is 3. The maximum Gasteiger partial charge on any atom is 0.324 e. The molecule has 19 heavy (non-hydrogen) atoms. The van der Waals surface area contributed by atoms with E-state index in [1.807, 2.05) is 4.90 Å². The summed E-state index contributed by atoms with van der Waals surface area (Å²) in [5, 5.41) is 6.93. The first-order chi connectivity index (χ1) is 9.02. The summed E-state index contributed by atoms with van der Waals surface area (Å²) < 4.78 is 31.0. The zero-order valence-electron chi connectivity index (χ0n) is 10.9. The average molecular weight is 272 g/mol. The molecule has 1 aromatic heterocycles. The predicted molar refractivity (Wildman–Crippen MR) is 65.3 cm³/mol. The van der Waals surface area contributed by atoms with Gasteiger partial charge in [-0.3, -0.25) is 0 Å². The molecule has 0 atom stereocenters. The third kappa shape index (κ3) is 3.02. The van der Waals surface area contributed by atoms with Crippen molar-refractivity contribution in [1.29, 1.82) is 0 Å². The number of hydrogen-bond donors (Lipinski definition) is 1. The van der Waals surface area contributed by atoms with Crippen LogP contribution >= 0.6 is 0 Å². The molecule has 1 aliphatic heterocycles. The summed E-state index contributed by atoms with van der Waals surface area (Å²) in [6, 6.07) is 1.44. The lowest BCUT2D eigenvalue weighted by Crippen LogP contribution is -2.43. The standard InChI is InChI=1S/C12H18F2N4O/c1-12(13,14)10-16-11(19-17-10)18-6-4-9(5-7-18)15-8-2-3-8/h8-9,15H,2-7H2,1H3. The van der Waals surface area contributed by atoms with Crippen LogP contribution in [0.15, 0.2) is 4.52 Å². The molecule has 3 rings (SSSR count). The molecule has 0 bridgehead atoms. The van der Waals surface area contributed by atoms with E-state index in [1.165, 1.54) is 12.8 Å². The van der Waals surface area contributed by atoms with Gasteiger partial charge in [0, 0.05) is 32.1 Å². The fourth-order valence-electron chi connectivity index (χ4n) is 2.34. The molecule has 0 unspecified atom stereocenters. The molecule has 5 nitrogen and oxygen atoms in total. The number of halogens is 2. The minimum Gasteiger partial charge on any atom is -0.324 e. The first-order valence-corrected chi connectivity index (χ1v) is 6.75. The van der Waals surface area contributed by atoms with Gasteiger partial charge in [0.05, 0.1) is 0 Å². The molecule has 1 saturated heterocycles. The summed E-state index contributed by atoms with van der Waals surface area (Å²) in [6.07, 6.45) is 4.52. The van der Waals surface area contributed by atoms with Crippen LogP contribution in [-0.2, 0) is 5.92 Å². The normalized spacial score (nSPS) is 21.9. The predicted octanol–water partition coefficient (Wildman–Crippen LogP) is 1.90. The molecule has 2 aliphatic rings. The smallest absolute Gasteiger partial charge is 0.324 e. The van der Waals surface area contributed by atoms with Crippen molar-refractivity contribution in [2.24, 2.45) is 0 Å². The van der Waals surface area contributed by atoms with Crippen LogP contribution in [0.5, 0.6) is 0 Å². The summed E-state index contributed by atoms with van der Waals surface area (Å²) in [6.45, 7) is 2.30. The van der Waals surface area contributed by atoms with E-state index in [1.54, 1.807) is 0 Å². The third-order valence-electron chi connectivity index (χ3n) is 3.62. The highest BCUT2D eigenvalue weighted by Crippen LogP contribution is 2.27. The van der Waals surface area contributed by atoms with Gasteiger partial charge in [-0.1, -0.05) is 5.16 Å². The lowest BCUT2D eigenvalue weighted by atomic mass is 10.1. The van der Waals surface area contributed by atoms with Crippen molar-refractivity contribution in [3.05, 3.63) is 5.82 Å². The van der Waals surface area contributed by atoms with Gasteiger partial charge in [0.15, 0.2) is 0 Å². The van der Waals surface area contributed by atoms with Crippen LogP contribution in [0.1, 0.15) is 38.4 Å². The summed E-state index contributed by atoms with van der Waals surface area (Å²) in [7, 11) is 0. The highest BCUT2D eigenvalue weighted by molar-refractivity contribution is 5.26. The van der Waals surface area contributed by atoms with Crippen LogP contribution in [0.3, 0.4) is 0 Å².